The normalized spacial score (nSPS) is 10.8. The van der Waals surface area contributed by atoms with E-state index in [0.717, 1.165) is 26.4 Å². The molecule has 0 spiro atoms. The van der Waals surface area contributed by atoms with E-state index in [1.165, 1.54) is 30.6 Å². The van der Waals surface area contributed by atoms with Crippen molar-refractivity contribution in [2.24, 2.45) is 0 Å². The molecule has 1 aromatic heterocycles. The van der Waals surface area contributed by atoms with E-state index in [2.05, 4.69) is 9.72 Å². The first-order valence-electron chi connectivity index (χ1n) is 6.38. The third-order valence-corrected chi connectivity index (χ3v) is 4.19. The molecule has 3 aromatic rings. The molecule has 3 nitrogen and oxygen atoms in total. The number of carbonyl (C=O) groups is 1. The second kappa shape index (κ2) is 5.61. The van der Waals surface area contributed by atoms with Crippen LogP contribution in [0.25, 0.3) is 20.8 Å². The predicted molar refractivity (Wildman–Crippen MR) is 80.7 cm³/mol. The van der Waals surface area contributed by atoms with E-state index in [-0.39, 0.29) is 18.2 Å². The Morgan fingerprint density at radius 3 is 2.71 bits per heavy atom. The number of halogens is 1. The quantitative estimate of drug-likeness (QED) is 0.690. The third kappa shape index (κ3) is 2.92. The Labute approximate surface area is 125 Å². The number of nitrogens with zero attached hydrogens (tertiary/aromatic N) is 1. The first-order valence-corrected chi connectivity index (χ1v) is 7.19. The molecule has 0 aliphatic carbocycles. The van der Waals surface area contributed by atoms with E-state index in [4.69, 9.17) is 0 Å². The van der Waals surface area contributed by atoms with Crippen LogP contribution in [-0.4, -0.2) is 18.1 Å². The minimum Gasteiger partial charge on any atom is -0.469 e. The predicted octanol–water partition coefficient (Wildman–Crippen LogP) is 3.82. The second-order valence-electron chi connectivity index (χ2n) is 4.58. The molecule has 1 heterocycles. The summed E-state index contributed by atoms with van der Waals surface area (Å²) >= 11 is 1.45. The van der Waals surface area contributed by atoms with Gasteiger partial charge in [-0.25, -0.2) is 9.37 Å². The Hall–Kier alpha value is -2.27. The van der Waals surface area contributed by atoms with Crippen molar-refractivity contribution in [3.05, 3.63) is 53.8 Å². The molecule has 0 N–H and O–H groups in total. The zero-order valence-corrected chi connectivity index (χ0v) is 12.1. The molecule has 0 fully saturated rings. The Morgan fingerprint density at radius 1 is 1.24 bits per heavy atom. The van der Waals surface area contributed by atoms with E-state index in [0.29, 0.717) is 0 Å². The van der Waals surface area contributed by atoms with E-state index in [9.17, 15) is 9.18 Å². The number of hydrogen-bond donors (Lipinski definition) is 0. The van der Waals surface area contributed by atoms with E-state index >= 15 is 0 Å². The average molecular weight is 301 g/mol. The van der Waals surface area contributed by atoms with Crippen molar-refractivity contribution in [2.75, 3.05) is 7.11 Å². The van der Waals surface area contributed by atoms with Gasteiger partial charge in [0.2, 0.25) is 0 Å². The number of methoxy groups -OCH3 is 1. The number of hydrogen-bond acceptors (Lipinski definition) is 4. The van der Waals surface area contributed by atoms with E-state index < -0.39 is 0 Å². The molecule has 0 unspecified atom stereocenters. The lowest BCUT2D eigenvalue weighted by atomic mass is 10.1. The number of carbonyl (C=O) groups excluding carboxylic acids is 1. The number of aromatic nitrogens is 1. The van der Waals surface area contributed by atoms with Crippen LogP contribution >= 0.6 is 11.3 Å². The average Bonchev–Trinajstić information content (AvgIpc) is 2.90. The molecule has 0 atom stereocenters. The maximum Gasteiger partial charge on any atom is 0.309 e. The molecule has 5 heteroatoms. The maximum atomic E-state index is 13.2. The van der Waals surface area contributed by atoms with Gasteiger partial charge < -0.3 is 4.74 Å². The lowest BCUT2D eigenvalue weighted by Gasteiger charge is -2.01. The van der Waals surface area contributed by atoms with Crippen LogP contribution in [0.3, 0.4) is 0 Å². The standard InChI is InChI=1S/C16H12FNO2S/c1-20-15(19)8-10-2-4-11(5-3-10)16-18-13-7-6-12(17)9-14(13)21-16/h2-7,9H,8H2,1H3. The number of benzene rings is 2. The summed E-state index contributed by atoms with van der Waals surface area (Å²) in [6.45, 7) is 0. The summed E-state index contributed by atoms with van der Waals surface area (Å²) in [5, 5.41) is 0.834. The van der Waals surface area contributed by atoms with Crippen LogP contribution in [0.5, 0.6) is 0 Å². The number of esters is 1. The van der Waals surface area contributed by atoms with Gasteiger partial charge in [0.15, 0.2) is 0 Å². The molecule has 21 heavy (non-hydrogen) atoms. The van der Waals surface area contributed by atoms with Crippen LogP contribution in [0, 0.1) is 5.82 Å². The summed E-state index contributed by atoms with van der Waals surface area (Å²) in [5.41, 5.74) is 2.62. The Kier molecular flexibility index (Phi) is 3.66. The van der Waals surface area contributed by atoms with Gasteiger partial charge in [0.05, 0.1) is 23.7 Å². The van der Waals surface area contributed by atoms with Gasteiger partial charge in [-0.05, 0) is 23.8 Å². The van der Waals surface area contributed by atoms with Gasteiger partial charge in [-0.3, -0.25) is 4.79 Å². The molecule has 3 rings (SSSR count). The third-order valence-electron chi connectivity index (χ3n) is 3.13. The minimum absolute atomic E-state index is 0.252. The molecule has 0 bridgehead atoms. The topological polar surface area (TPSA) is 39.2 Å². The first-order chi connectivity index (χ1) is 10.2. The van der Waals surface area contributed by atoms with Crippen molar-refractivity contribution >= 4 is 27.5 Å². The van der Waals surface area contributed by atoms with Crippen LogP contribution in [0.2, 0.25) is 0 Å². The monoisotopic (exact) mass is 301 g/mol. The number of thiazole rings is 1. The maximum absolute atomic E-state index is 13.2. The number of ether oxygens (including phenoxy) is 1. The zero-order valence-electron chi connectivity index (χ0n) is 11.3. The fourth-order valence-electron chi connectivity index (χ4n) is 2.03. The van der Waals surface area contributed by atoms with Crippen LogP contribution in [-0.2, 0) is 16.0 Å². The van der Waals surface area contributed by atoms with Crippen LogP contribution < -0.4 is 0 Å². The van der Waals surface area contributed by atoms with Gasteiger partial charge in [0, 0.05) is 5.56 Å². The molecule has 2 aromatic carbocycles. The number of rotatable bonds is 3. The largest absolute Gasteiger partial charge is 0.469 e. The molecule has 0 amide bonds. The summed E-state index contributed by atoms with van der Waals surface area (Å²) in [5.74, 6) is -0.524. The summed E-state index contributed by atoms with van der Waals surface area (Å²) < 4.78 is 18.6. The minimum atomic E-state index is -0.266. The first kappa shape index (κ1) is 13.7. The van der Waals surface area contributed by atoms with Crippen molar-refractivity contribution in [1.82, 2.24) is 4.98 Å². The highest BCUT2D eigenvalue weighted by Crippen LogP contribution is 2.30. The van der Waals surface area contributed by atoms with Crippen molar-refractivity contribution in [2.45, 2.75) is 6.42 Å². The Balaban J connectivity index is 1.90. The molecule has 0 saturated heterocycles. The van der Waals surface area contributed by atoms with Crippen molar-refractivity contribution < 1.29 is 13.9 Å². The van der Waals surface area contributed by atoms with Crippen LogP contribution in [0.1, 0.15) is 5.56 Å². The zero-order chi connectivity index (χ0) is 14.8. The van der Waals surface area contributed by atoms with E-state index in [1.54, 1.807) is 6.07 Å². The molecular weight excluding hydrogens is 289 g/mol. The van der Waals surface area contributed by atoms with Crippen LogP contribution in [0.15, 0.2) is 42.5 Å². The van der Waals surface area contributed by atoms with Gasteiger partial charge in [-0.1, -0.05) is 24.3 Å². The summed E-state index contributed by atoms with van der Waals surface area (Å²) in [6.07, 6.45) is 0.252. The molecule has 0 radical (unpaired) electrons. The molecule has 106 valence electrons. The highest BCUT2D eigenvalue weighted by Gasteiger charge is 2.08. The smallest absolute Gasteiger partial charge is 0.309 e. The van der Waals surface area contributed by atoms with Crippen LogP contribution in [0.4, 0.5) is 4.39 Å². The lowest BCUT2D eigenvalue weighted by Crippen LogP contribution is -2.03. The summed E-state index contributed by atoms with van der Waals surface area (Å²) in [4.78, 5) is 15.7. The molecule has 0 aliphatic heterocycles. The van der Waals surface area contributed by atoms with Gasteiger partial charge >= 0.3 is 5.97 Å². The summed E-state index contributed by atoms with van der Waals surface area (Å²) in [6, 6.07) is 12.1. The van der Waals surface area contributed by atoms with Gasteiger partial charge in [0.1, 0.15) is 10.8 Å². The Bertz CT molecular complexity index is 796. The summed E-state index contributed by atoms with van der Waals surface area (Å²) in [7, 11) is 1.37. The Morgan fingerprint density at radius 2 is 2.00 bits per heavy atom. The molecule has 0 aliphatic rings. The molecular formula is C16H12FNO2S. The molecule has 0 saturated carbocycles. The highest BCUT2D eigenvalue weighted by molar-refractivity contribution is 7.21. The fourth-order valence-corrected chi connectivity index (χ4v) is 3.02. The number of fused-ring (bicyclic) bond motifs is 1. The van der Waals surface area contributed by atoms with Gasteiger partial charge in [-0.15, -0.1) is 11.3 Å². The highest BCUT2D eigenvalue weighted by atomic mass is 32.1. The fraction of sp³-hybridized carbons (Fsp3) is 0.125. The van der Waals surface area contributed by atoms with Gasteiger partial charge in [0.25, 0.3) is 0 Å². The lowest BCUT2D eigenvalue weighted by molar-refractivity contribution is -0.139. The second-order valence-corrected chi connectivity index (χ2v) is 5.61. The van der Waals surface area contributed by atoms with Crippen molar-refractivity contribution in [3.63, 3.8) is 0 Å². The van der Waals surface area contributed by atoms with Crippen molar-refractivity contribution in [3.8, 4) is 10.6 Å². The van der Waals surface area contributed by atoms with E-state index in [1.807, 2.05) is 24.3 Å². The van der Waals surface area contributed by atoms with Gasteiger partial charge in [-0.2, -0.15) is 0 Å². The SMILES string of the molecule is COC(=O)Cc1ccc(-c2nc3ccc(F)cc3s2)cc1. The van der Waals surface area contributed by atoms with Crippen molar-refractivity contribution in [1.29, 1.82) is 0 Å².